The van der Waals surface area contributed by atoms with E-state index in [1.54, 1.807) is 0 Å². The molecule has 3 rings (SSSR count). The van der Waals surface area contributed by atoms with E-state index in [2.05, 4.69) is 11.3 Å². The summed E-state index contributed by atoms with van der Waals surface area (Å²) in [6.07, 6.45) is 0.548. The van der Waals surface area contributed by atoms with Crippen LogP contribution in [0.15, 0.2) is 12.2 Å². The number of carbonyl (C=O) groups is 2. The highest BCUT2D eigenvalue weighted by Gasteiger charge is 2.71. The van der Waals surface area contributed by atoms with Gasteiger partial charge in [-0.05, 0) is 25.7 Å². The fourth-order valence-electron chi connectivity index (χ4n) is 4.17. The van der Waals surface area contributed by atoms with Gasteiger partial charge in [-0.25, -0.2) is 9.59 Å². The summed E-state index contributed by atoms with van der Waals surface area (Å²) in [5.74, 6) is -1.19. The van der Waals surface area contributed by atoms with Crippen LogP contribution >= 0.6 is 0 Å². The molecule has 5 atom stereocenters. The highest BCUT2D eigenvalue weighted by molar-refractivity contribution is 7.87. The number of carbonyl (C=O) groups excluding carboxylic acids is 2. The molecule has 0 radical (unpaired) electrons. The summed E-state index contributed by atoms with van der Waals surface area (Å²) in [5.41, 5.74) is -0.188. The van der Waals surface area contributed by atoms with Gasteiger partial charge in [-0.3, -0.25) is 4.18 Å². The minimum Gasteiger partial charge on any atom is -0.461 e. The van der Waals surface area contributed by atoms with Crippen molar-refractivity contribution in [1.29, 1.82) is 0 Å². The maximum absolute atomic E-state index is 12.0. The normalized spacial score (nSPS) is 37.0. The molecule has 2 saturated carbocycles. The van der Waals surface area contributed by atoms with Crippen LogP contribution < -0.4 is 0 Å². The number of fused-ring (bicyclic) bond motifs is 1. The van der Waals surface area contributed by atoms with Gasteiger partial charge in [0.25, 0.3) is 10.1 Å². The van der Waals surface area contributed by atoms with Crippen molar-refractivity contribution in [2.24, 2.45) is 11.3 Å². The van der Waals surface area contributed by atoms with Crippen molar-refractivity contribution in [1.82, 2.24) is 0 Å². The van der Waals surface area contributed by atoms with Crippen LogP contribution in [0.25, 0.3) is 0 Å². The van der Waals surface area contributed by atoms with Crippen LogP contribution in [-0.2, 0) is 38.1 Å². The van der Waals surface area contributed by atoms with E-state index >= 15 is 0 Å². The highest BCUT2D eigenvalue weighted by Crippen LogP contribution is 2.62. The molecule has 140 valence electrons. The molecule has 0 amide bonds. The third-order valence-electron chi connectivity index (χ3n) is 5.28. The van der Waals surface area contributed by atoms with Crippen LogP contribution in [0.5, 0.6) is 0 Å². The molecule has 1 heterocycles. The minimum atomic E-state index is -3.51. The molecule has 2 bridgehead atoms. The molecule has 0 spiro atoms. The molecular formula is C16H22O8S. The summed E-state index contributed by atoms with van der Waals surface area (Å²) >= 11 is 0. The predicted molar refractivity (Wildman–Crippen MR) is 84.9 cm³/mol. The van der Waals surface area contributed by atoms with E-state index in [1.807, 2.05) is 6.92 Å². The first kappa shape index (κ1) is 18.3. The van der Waals surface area contributed by atoms with Gasteiger partial charge >= 0.3 is 11.9 Å². The Labute approximate surface area is 146 Å². The molecule has 25 heavy (non-hydrogen) atoms. The molecule has 9 heteroatoms. The van der Waals surface area contributed by atoms with Crippen LogP contribution in [0.3, 0.4) is 0 Å². The first-order chi connectivity index (χ1) is 11.6. The lowest BCUT2D eigenvalue weighted by atomic mass is 9.82. The Morgan fingerprint density at radius 2 is 2.00 bits per heavy atom. The number of ether oxygens (including phenoxy) is 3. The molecule has 0 aromatic heterocycles. The molecular weight excluding hydrogens is 352 g/mol. The molecule has 0 N–H and O–H groups in total. The van der Waals surface area contributed by atoms with Gasteiger partial charge in [0.2, 0.25) is 0 Å². The molecule has 3 fully saturated rings. The average molecular weight is 374 g/mol. The van der Waals surface area contributed by atoms with Crippen LogP contribution in [0.2, 0.25) is 0 Å². The summed E-state index contributed by atoms with van der Waals surface area (Å²) in [6.45, 7) is 6.45. The predicted octanol–water partition coefficient (Wildman–Crippen LogP) is 0.561. The Balaban J connectivity index is 1.42. The molecule has 2 aliphatic carbocycles. The van der Waals surface area contributed by atoms with E-state index in [1.165, 1.54) is 6.92 Å². The van der Waals surface area contributed by atoms with Crippen LogP contribution in [-0.4, -0.2) is 57.6 Å². The summed E-state index contributed by atoms with van der Waals surface area (Å²) < 4.78 is 44.7. The molecule has 1 saturated heterocycles. The summed E-state index contributed by atoms with van der Waals surface area (Å²) in [4.78, 5) is 22.6. The zero-order valence-corrected chi connectivity index (χ0v) is 15.0. The van der Waals surface area contributed by atoms with Crippen molar-refractivity contribution in [3.8, 4) is 0 Å². The fraction of sp³-hybridized carbons (Fsp3) is 0.750. The Kier molecular flexibility index (Phi) is 4.67. The average Bonchev–Trinajstić information content (AvgIpc) is 3.03. The summed E-state index contributed by atoms with van der Waals surface area (Å²) in [6, 6.07) is 0. The smallest absolute Gasteiger partial charge is 0.344 e. The van der Waals surface area contributed by atoms with Gasteiger partial charge < -0.3 is 14.2 Å². The molecule has 8 nitrogen and oxygen atoms in total. The zero-order valence-electron chi connectivity index (χ0n) is 14.2. The van der Waals surface area contributed by atoms with Crippen LogP contribution in [0, 0.1) is 11.3 Å². The van der Waals surface area contributed by atoms with Crippen molar-refractivity contribution >= 4 is 22.1 Å². The first-order valence-corrected chi connectivity index (χ1v) is 9.64. The molecule has 0 aromatic carbocycles. The number of hydrogen-bond donors (Lipinski definition) is 0. The summed E-state index contributed by atoms with van der Waals surface area (Å²) in [7, 11) is -3.51. The third kappa shape index (κ3) is 3.20. The van der Waals surface area contributed by atoms with Crippen molar-refractivity contribution < 1.29 is 36.4 Å². The second-order valence-corrected chi connectivity index (χ2v) is 8.86. The second kappa shape index (κ2) is 6.37. The molecule has 5 unspecified atom stereocenters. The monoisotopic (exact) mass is 374 g/mol. The van der Waals surface area contributed by atoms with Crippen molar-refractivity contribution in [2.45, 2.75) is 44.1 Å². The van der Waals surface area contributed by atoms with Gasteiger partial charge in [0.1, 0.15) is 12.7 Å². The first-order valence-electron chi connectivity index (χ1n) is 8.17. The van der Waals surface area contributed by atoms with E-state index in [-0.39, 0.29) is 36.2 Å². The van der Waals surface area contributed by atoms with Gasteiger partial charge in [0.05, 0.1) is 18.0 Å². The number of esters is 2. The Bertz CT molecular complexity index is 699. The lowest BCUT2D eigenvalue weighted by Crippen LogP contribution is -2.42. The van der Waals surface area contributed by atoms with Crippen molar-refractivity contribution in [3.05, 3.63) is 12.2 Å². The molecule has 3 aliphatic rings. The van der Waals surface area contributed by atoms with Crippen molar-refractivity contribution in [2.75, 3.05) is 19.8 Å². The standard InChI is InChI=1S/C16H22O8S/c1-9(2)15(18)23-8-12(17)21-4-5-22-13-10-6-11-16(3,7-10)14(13)24-25(11,19)20/h10-11,13-14H,1,4-8H2,2-3H3. The largest absolute Gasteiger partial charge is 0.461 e. The summed E-state index contributed by atoms with van der Waals surface area (Å²) in [5, 5.41) is -0.435. The Hall–Kier alpha value is -1.45. The molecule has 1 aliphatic heterocycles. The van der Waals surface area contributed by atoms with Gasteiger partial charge in [-0.2, -0.15) is 8.42 Å². The van der Waals surface area contributed by atoms with Gasteiger partial charge in [-0.15, -0.1) is 0 Å². The lowest BCUT2D eigenvalue weighted by molar-refractivity contribution is -0.158. The fourth-order valence-corrected chi connectivity index (χ4v) is 6.30. The van der Waals surface area contributed by atoms with Gasteiger partial charge in [0, 0.05) is 11.0 Å². The van der Waals surface area contributed by atoms with Crippen LogP contribution in [0.1, 0.15) is 26.7 Å². The minimum absolute atomic E-state index is 0.00765. The topological polar surface area (TPSA) is 105 Å². The Morgan fingerprint density at radius 3 is 2.68 bits per heavy atom. The van der Waals surface area contributed by atoms with Gasteiger partial charge in [-0.1, -0.05) is 13.5 Å². The molecule has 0 aromatic rings. The van der Waals surface area contributed by atoms with Crippen molar-refractivity contribution in [3.63, 3.8) is 0 Å². The van der Waals surface area contributed by atoms with E-state index < -0.39 is 40.0 Å². The van der Waals surface area contributed by atoms with E-state index in [9.17, 15) is 18.0 Å². The lowest BCUT2D eigenvalue weighted by Gasteiger charge is -2.30. The van der Waals surface area contributed by atoms with E-state index in [0.29, 0.717) is 6.42 Å². The second-order valence-electron chi connectivity index (χ2n) is 7.12. The number of rotatable bonds is 7. The zero-order chi connectivity index (χ0) is 18.4. The van der Waals surface area contributed by atoms with E-state index in [4.69, 9.17) is 13.7 Å². The maximum Gasteiger partial charge on any atom is 0.344 e. The third-order valence-corrected chi connectivity index (χ3v) is 7.18. The van der Waals surface area contributed by atoms with Gasteiger partial charge in [0.15, 0.2) is 6.61 Å². The SMILES string of the molecule is C=C(C)C(=O)OCC(=O)OCCOC1C2CC3C(C)(C2)C1OS3(=O)=O. The number of hydrogen-bond acceptors (Lipinski definition) is 8. The van der Waals surface area contributed by atoms with Crippen LogP contribution in [0.4, 0.5) is 0 Å². The van der Waals surface area contributed by atoms with E-state index in [0.717, 1.165) is 6.42 Å². The quantitative estimate of drug-likeness (QED) is 0.275. The Morgan fingerprint density at radius 1 is 1.28 bits per heavy atom. The maximum atomic E-state index is 12.0. The highest BCUT2D eigenvalue weighted by atomic mass is 32.2.